The number of methoxy groups -OCH3 is 1. The Morgan fingerprint density at radius 1 is 0.767 bits per heavy atom. The van der Waals surface area contributed by atoms with Crippen LogP contribution < -0.4 is 15.4 Å². The number of anilines is 2. The summed E-state index contributed by atoms with van der Waals surface area (Å²) in [6.07, 6.45) is 1.69. The summed E-state index contributed by atoms with van der Waals surface area (Å²) < 4.78 is 5.11. The number of para-hydroxylation sites is 1. The van der Waals surface area contributed by atoms with Crippen molar-refractivity contribution in [3.8, 4) is 5.75 Å². The molecule has 1 aromatic heterocycles. The largest absolute Gasteiger partial charge is 0.497 e. The molecule has 3 aromatic carbocycles. The van der Waals surface area contributed by atoms with Gasteiger partial charge in [0.25, 0.3) is 11.8 Å². The molecule has 30 heavy (non-hydrogen) atoms. The first-order valence-corrected chi connectivity index (χ1v) is 9.34. The van der Waals surface area contributed by atoms with Crippen molar-refractivity contribution in [1.29, 1.82) is 0 Å². The molecule has 148 valence electrons. The van der Waals surface area contributed by atoms with Gasteiger partial charge < -0.3 is 15.4 Å². The number of hydrogen-bond acceptors (Lipinski definition) is 4. The summed E-state index contributed by atoms with van der Waals surface area (Å²) >= 11 is 0. The molecule has 0 fully saturated rings. The molecule has 0 radical (unpaired) electrons. The molecule has 6 nitrogen and oxygen atoms in total. The van der Waals surface area contributed by atoms with E-state index in [0.717, 1.165) is 10.9 Å². The van der Waals surface area contributed by atoms with Crippen LogP contribution in [0.25, 0.3) is 10.9 Å². The highest BCUT2D eigenvalue weighted by Gasteiger charge is 2.11. The van der Waals surface area contributed by atoms with Crippen LogP contribution >= 0.6 is 0 Å². The molecule has 0 atom stereocenters. The lowest BCUT2D eigenvalue weighted by Gasteiger charge is -2.09. The number of amides is 2. The van der Waals surface area contributed by atoms with Gasteiger partial charge in [-0.2, -0.15) is 0 Å². The molecular weight excluding hydrogens is 378 g/mol. The molecule has 0 aliphatic heterocycles. The van der Waals surface area contributed by atoms with Crippen LogP contribution in [0.5, 0.6) is 5.75 Å². The minimum atomic E-state index is -0.268. The van der Waals surface area contributed by atoms with E-state index in [0.29, 0.717) is 28.3 Å². The van der Waals surface area contributed by atoms with Crippen LogP contribution in [0, 0.1) is 0 Å². The molecule has 2 N–H and O–H groups in total. The molecular formula is C24H19N3O3. The van der Waals surface area contributed by atoms with Gasteiger partial charge in [-0.1, -0.05) is 18.2 Å². The summed E-state index contributed by atoms with van der Waals surface area (Å²) in [5.74, 6) is 0.186. The Kier molecular flexibility index (Phi) is 5.39. The van der Waals surface area contributed by atoms with Crippen molar-refractivity contribution in [3.63, 3.8) is 0 Å². The minimum Gasteiger partial charge on any atom is -0.497 e. The van der Waals surface area contributed by atoms with Crippen LogP contribution in [-0.4, -0.2) is 23.9 Å². The summed E-state index contributed by atoms with van der Waals surface area (Å²) in [7, 11) is 1.59. The second-order valence-corrected chi connectivity index (χ2v) is 6.59. The summed E-state index contributed by atoms with van der Waals surface area (Å²) in [5, 5.41) is 6.65. The van der Waals surface area contributed by atoms with E-state index in [4.69, 9.17) is 4.74 Å². The summed E-state index contributed by atoms with van der Waals surface area (Å²) in [4.78, 5) is 29.4. The van der Waals surface area contributed by atoms with Gasteiger partial charge in [-0.25, -0.2) is 0 Å². The Morgan fingerprint density at radius 2 is 1.40 bits per heavy atom. The average Bonchev–Trinajstić information content (AvgIpc) is 2.80. The number of benzene rings is 3. The molecule has 0 saturated carbocycles. The van der Waals surface area contributed by atoms with Crippen molar-refractivity contribution in [1.82, 2.24) is 4.98 Å². The molecule has 1 heterocycles. The molecule has 2 amide bonds. The SMILES string of the molecule is COc1ccc(NC(=O)c2ccc(C(=O)Nc3cccc4cccnc34)cc2)cc1. The Hall–Kier alpha value is -4.19. The fourth-order valence-corrected chi connectivity index (χ4v) is 3.05. The Morgan fingerprint density at radius 3 is 2.07 bits per heavy atom. The third-order valence-corrected chi connectivity index (χ3v) is 4.64. The molecule has 4 aromatic rings. The van der Waals surface area contributed by atoms with Crippen LogP contribution in [0.3, 0.4) is 0 Å². The van der Waals surface area contributed by atoms with E-state index in [1.165, 1.54) is 0 Å². The maximum Gasteiger partial charge on any atom is 0.255 e. The standard InChI is InChI=1S/C24H19N3O3/c1-30-20-13-11-19(12-14-20)26-23(28)17-7-9-18(10-8-17)24(29)27-21-6-2-4-16-5-3-15-25-22(16)21/h2-15H,1H3,(H,26,28)(H,27,29). The second-order valence-electron chi connectivity index (χ2n) is 6.59. The number of carbonyl (C=O) groups is 2. The predicted octanol–water partition coefficient (Wildman–Crippen LogP) is 4.75. The summed E-state index contributed by atoms with van der Waals surface area (Å²) in [6, 6.07) is 22.9. The van der Waals surface area contributed by atoms with Crippen molar-refractivity contribution in [2.75, 3.05) is 17.7 Å². The van der Waals surface area contributed by atoms with E-state index in [9.17, 15) is 9.59 Å². The van der Waals surface area contributed by atoms with Crippen LogP contribution in [-0.2, 0) is 0 Å². The zero-order valence-electron chi connectivity index (χ0n) is 16.3. The lowest BCUT2D eigenvalue weighted by molar-refractivity contribution is 0.101. The maximum absolute atomic E-state index is 12.6. The van der Waals surface area contributed by atoms with Crippen molar-refractivity contribution in [2.45, 2.75) is 0 Å². The number of ether oxygens (including phenoxy) is 1. The van der Waals surface area contributed by atoms with Gasteiger partial charge in [0.1, 0.15) is 5.75 Å². The van der Waals surface area contributed by atoms with E-state index in [1.54, 1.807) is 61.8 Å². The summed E-state index contributed by atoms with van der Waals surface area (Å²) in [6.45, 7) is 0. The predicted molar refractivity (Wildman–Crippen MR) is 117 cm³/mol. The molecule has 0 bridgehead atoms. The lowest BCUT2D eigenvalue weighted by atomic mass is 10.1. The number of rotatable bonds is 5. The number of carbonyl (C=O) groups excluding carboxylic acids is 2. The Balaban J connectivity index is 1.45. The third-order valence-electron chi connectivity index (χ3n) is 4.64. The summed E-state index contributed by atoms with van der Waals surface area (Å²) in [5.41, 5.74) is 2.92. The molecule has 0 unspecified atom stereocenters. The molecule has 4 rings (SSSR count). The first kappa shape index (κ1) is 19.1. The number of pyridine rings is 1. The van der Waals surface area contributed by atoms with Crippen LogP contribution in [0.4, 0.5) is 11.4 Å². The van der Waals surface area contributed by atoms with Gasteiger partial charge in [-0.05, 0) is 60.7 Å². The van der Waals surface area contributed by atoms with Gasteiger partial charge in [-0.3, -0.25) is 14.6 Å². The lowest BCUT2D eigenvalue weighted by Crippen LogP contribution is -2.14. The van der Waals surface area contributed by atoms with E-state index >= 15 is 0 Å². The van der Waals surface area contributed by atoms with Crippen molar-refractivity contribution >= 4 is 34.1 Å². The first-order valence-electron chi connectivity index (χ1n) is 9.34. The third kappa shape index (κ3) is 4.12. The van der Waals surface area contributed by atoms with Gasteiger partial charge in [0, 0.05) is 28.4 Å². The number of nitrogens with one attached hydrogen (secondary N) is 2. The molecule has 6 heteroatoms. The number of hydrogen-bond donors (Lipinski definition) is 2. The van der Waals surface area contributed by atoms with Crippen LogP contribution in [0.15, 0.2) is 85.1 Å². The molecule has 0 aliphatic rings. The highest BCUT2D eigenvalue weighted by Crippen LogP contribution is 2.21. The zero-order valence-corrected chi connectivity index (χ0v) is 16.3. The zero-order chi connectivity index (χ0) is 20.9. The molecule has 0 saturated heterocycles. The van der Waals surface area contributed by atoms with E-state index in [2.05, 4.69) is 15.6 Å². The average molecular weight is 397 g/mol. The van der Waals surface area contributed by atoms with Crippen LogP contribution in [0.1, 0.15) is 20.7 Å². The normalized spacial score (nSPS) is 10.4. The topological polar surface area (TPSA) is 80.3 Å². The monoisotopic (exact) mass is 397 g/mol. The molecule has 0 aliphatic carbocycles. The maximum atomic E-state index is 12.6. The van der Waals surface area contributed by atoms with Crippen LogP contribution in [0.2, 0.25) is 0 Å². The number of fused-ring (bicyclic) bond motifs is 1. The number of aromatic nitrogens is 1. The van der Waals surface area contributed by atoms with Gasteiger partial charge in [0.2, 0.25) is 0 Å². The van der Waals surface area contributed by atoms with E-state index < -0.39 is 0 Å². The minimum absolute atomic E-state index is 0.259. The van der Waals surface area contributed by atoms with Crippen molar-refractivity contribution < 1.29 is 14.3 Å². The fraction of sp³-hybridized carbons (Fsp3) is 0.0417. The van der Waals surface area contributed by atoms with E-state index in [1.807, 2.05) is 30.3 Å². The Bertz CT molecular complexity index is 1200. The second kappa shape index (κ2) is 8.45. The first-order chi connectivity index (χ1) is 14.6. The smallest absolute Gasteiger partial charge is 0.255 e. The highest BCUT2D eigenvalue weighted by molar-refractivity contribution is 6.09. The van der Waals surface area contributed by atoms with Gasteiger partial charge in [-0.15, -0.1) is 0 Å². The Labute approximate surface area is 173 Å². The quantitative estimate of drug-likeness (QED) is 0.509. The van der Waals surface area contributed by atoms with Gasteiger partial charge in [0.15, 0.2) is 0 Å². The molecule has 0 spiro atoms. The van der Waals surface area contributed by atoms with Gasteiger partial charge in [0.05, 0.1) is 18.3 Å². The van der Waals surface area contributed by atoms with Crippen molar-refractivity contribution in [2.24, 2.45) is 0 Å². The fourth-order valence-electron chi connectivity index (χ4n) is 3.05. The van der Waals surface area contributed by atoms with Crippen molar-refractivity contribution in [3.05, 3.63) is 96.2 Å². The number of nitrogens with zero attached hydrogens (tertiary/aromatic N) is 1. The van der Waals surface area contributed by atoms with Gasteiger partial charge >= 0.3 is 0 Å². The highest BCUT2D eigenvalue weighted by atomic mass is 16.5. The van der Waals surface area contributed by atoms with E-state index in [-0.39, 0.29) is 11.8 Å².